The fourth-order valence-electron chi connectivity index (χ4n) is 4.64. The molecule has 0 bridgehead atoms. The Morgan fingerprint density at radius 2 is 1.79 bits per heavy atom. The Hall–Kier alpha value is -2.89. The van der Waals surface area contributed by atoms with Gasteiger partial charge in [-0.25, -0.2) is 9.69 Å². The van der Waals surface area contributed by atoms with Crippen molar-refractivity contribution in [2.75, 3.05) is 26.4 Å². The number of carbonyl (C=O) groups excluding carboxylic acids is 3. The van der Waals surface area contributed by atoms with E-state index < -0.39 is 41.6 Å². The molecule has 2 amide bonds. The molecule has 10 heteroatoms. The maximum Gasteiger partial charge on any atom is 0.417 e. The van der Waals surface area contributed by atoms with Crippen LogP contribution in [0.25, 0.3) is 0 Å². The van der Waals surface area contributed by atoms with Gasteiger partial charge in [0.25, 0.3) is 0 Å². The topological polar surface area (TPSA) is 123 Å². The molecule has 0 aliphatic carbocycles. The number of ether oxygens (including phenoxy) is 3. The number of carbonyl (C=O) groups is 3. The van der Waals surface area contributed by atoms with Crippen molar-refractivity contribution in [3.63, 3.8) is 0 Å². The molecular formula is C28H30BrNO8. The Labute approximate surface area is 229 Å². The zero-order valence-corrected chi connectivity index (χ0v) is 22.3. The highest BCUT2D eigenvalue weighted by Crippen LogP contribution is 2.38. The van der Waals surface area contributed by atoms with Crippen molar-refractivity contribution in [3.8, 4) is 0 Å². The fourth-order valence-corrected chi connectivity index (χ4v) is 5.16. The van der Waals surface area contributed by atoms with Gasteiger partial charge in [-0.1, -0.05) is 60.7 Å². The molecular weight excluding hydrogens is 558 g/mol. The van der Waals surface area contributed by atoms with Crippen LogP contribution in [0.3, 0.4) is 0 Å². The molecule has 2 aromatic carbocycles. The van der Waals surface area contributed by atoms with E-state index >= 15 is 0 Å². The molecule has 38 heavy (non-hydrogen) atoms. The van der Waals surface area contributed by atoms with Gasteiger partial charge < -0.3 is 24.4 Å². The molecule has 202 valence electrons. The van der Waals surface area contributed by atoms with Gasteiger partial charge in [0.05, 0.1) is 23.6 Å². The molecule has 2 heterocycles. The first-order valence-corrected chi connectivity index (χ1v) is 13.2. The molecule has 0 saturated carbocycles. The first-order chi connectivity index (χ1) is 18.3. The Bertz CT molecular complexity index is 1160. The van der Waals surface area contributed by atoms with Crippen molar-refractivity contribution in [2.45, 2.75) is 37.2 Å². The van der Waals surface area contributed by atoms with Crippen LogP contribution in [0, 0.1) is 5.92 Å². The second-order valence-electron chi connectivity index (χ2n) is 9.16. The Balaban J connectivity index is 1.63. The molecule has 4 atom stereocenters. The first-order valence-electron chi connectivity index (χ1n) is 12.4. The van der Waals surface area contributed by atoms with Crippen LogP contribution in [0.5, 0.6) is 0 Å². The summed E-state index contributed by atoms with van der Waals surface area (Å²) >= 11 is 3.25. The molecule has 4 unspecified atom stereocenters. The third-order valence-electron chi connectivity index (χ3n) is 6.56. The molecule has 9 nitrogen and oxygen atoms in total. The fraction of sp³-hybridized carbons (Fsp3) is 0.393. The van der Waals surface area contributed by atoms with E-state index in [9.17, 15) is 19.5 Å². The Morgan fingerprint density at radius 1 is 1.11 bits per heavy atom. The van der Waals surface area contributed by atoms with Crippen molar-refractivity contribution in [1.29, 1.82) is 0 Å². The van der Waals surface area contributed by atoms with Crippen LogP contribution >= 0.6 is 15.9 Å². The molecule has 2 aromatic rings. The number of rotatable bonds is 11. The standard InChI is InChI=1S/C28H30BrNO8/c29-24-17-23(32)25(38-28(24,35)12-7-14-36-15-13-31)21(16-19-8-3-1-4-9-19)26(33)30-22(18-37-27(30)34)20-10-5-2-6-11-20/h1-6,8-11,17,21-22,25,31,35H,7,12-16,18H2. The molecule has 1 fully saturated rings. The second kappa shape index (κ2) is 12.8. The van der Waals surface area contributed by atoms with Crippen LogP contribution in [0.15, 0.2) is 71.2 Å². The van der Waals surface area contributed by atoms with Gasteiger partial charge in [-0.05, 0) is 46.0 Å². The maximum absolute atomic E-state index is 14.0. The Morgan fingerprint density at radius 3 is 2.47 bits per heavy atom. The quantitative estimate of drug-likeness (QED) is 0.384. The van der Waals surface area contributed by atoms with E-state index in [1.165, 1.54) is 6.08 Å². The van der Waals surface area contributed by atoms with E-state index in [2.05, 4.69) is 15.9 Å². The summed E-state index contributed by atoms with van der Waals surface area (Å²) in [4.78, 5) is 41.1. The molecule has 0 radical (unpaired) electrons. The third kappa shape index (κ3) is 6.39. The predicted molar refractivity (Wildman–Crippen MR) is 140 cm³/mol. The van der Waals surface area contributed by atoms with Crippen molar-refractivity contribution >= 4 is 33.7 Å². The number of amides is 2. The summed E-state index contributed by atoms with van der Waals surface area (Å²) in [6, 6.07) is 17.5. The van der Waals surface area contributed by atoms with Crippen LogP contribution in [0.4, 0.5) is 4.79 Å². The van der Waals surface area contributed by atoms with Gasteiger partial charge in [0.1, 0.15) is 18.8 Å². The average molecular weight is 588 g/mol. The van der Waals surface area contributed by atoms with Crippen LogP contribution in [0.2, 0.25) is 0 Å². The highest BCUT2D eigenvalue weighted by Gasteiger charge is 2.50. The number of halogens is 1. The second-order valence-corrected chi connectivity index (χ2v) is 10.0. The number of cyclic esters (lactones) is 1. The SMILES string of the molecule is O=C1C=C(Br)C(O)(CCCOCCO)OC1C(Cc1ccccc1)C(=O)N1C(=O)OCC1c1ccccc1. The molecule has 0 spiro atoms. The monoisotopic (exact) mass is 587 g/mol. The summed E-state index contributed by atoms with van der Waals surface area (Å²) in [5.41, 5.74) is 1.49. The van der Waals surface area contributed by atoms with Crippen molar-refractivity contribution in [1.82, 2.24) is 4.90 Å². The lowest BCUT2D eigenvalue weighted by molar-refractivity contribution is -0.218. The van der Waals surface area contributed by atoms with E-state index in [1.54, 1.807) is 12.1 Å². The van der Waals surface area contributed by atoms with Crippen LogP contribution in [-0.4, -0.2) is 71.2 Å². The minimum absolute atomic E-state index is 0.00462. The zero-order valence-electron chi connectivity index (χ0n) is 20.7. The largest absolute Gasteiger partial charge is 0.446 e. The van der Waals surface area contributed by atoms with Crippen molar-refractivity contribution in [3.05, 3.63) is 82.3 Å². The lowest BCUT2D eigenvalue weighted by Gasteiger charge is -2.38. The van der Waals surface area contributed by atoms with Gasteiger partial charge in [-0.3, -0.25) is 9.59 Å². The van der Waals surface area contributed by atoms with Crippen LogP contribution < -0.4 is 0 Å². The zero-order chi connectivity index (χ0) is 27.1. The average Bonchev–Trinajstić information content (AvgIpc) is 3.31. The third-order valence-corrected chi connectivity index (χ3v) is 7.41. The lowest BCUT2D eigenvalue weighted by atomic mass is 9.87. The number of imide groups is 1. The number of aliphatic hydroxyl groups excluding tert-OH is 1. The summed E-state index contributed by atoms with van der Waals surface area (Å²) < 4.78 is 16.6. The van der Waals surface area contributed by atoms with Crippen LogP contribution in [0.1, 0.15) is 30.0 Å². The highest BCUT2D eigenvalue weighted by molar-refractivity contribution is 9.11. The highest BCUT2D eigenvalue weighted by atomic mass is 79.9. The van der Waals surface area contributed by atoms with E-state index in [1.807, 2.05) is 48.5 Å². The summed E-state index contributed by atoms with van der Waals surface area (Å²) in [7, 11) is 0. The van der Waals surface area contributed by atoms with Crippen molar-refractivity contribution < 1.29 is 38.8 Å². The minimum Gasteiger partial charge on any atom is -0.446 e. The normalized spacial score (nSPS) is 24.2. The molecule has 0 aromatic heterocycles. The van der Waals surface area contributed by atoms with E-state index in [0.29, 0.717) is 6.42 Å². The molecule has 2 N–H and O–H groups in total. The van der Waals surface area contributed by atoms with E-state index in [-0.39, 0.29) is 43.8 Å². The van der Waals surface area contributed by atoms with Gasteiger partial charge in [-0.15, -0.1) is 0 Å². The van der Waals surface area contributed by atoms with E-state index in [0.717, 1.165) is 16.0 Å². The van der Waals surface area contributed by atoms with Gasteiger partial charge in [0.2, 0.25) is 5.91 Å². The summed E-state index contributed by atoms with van der Waals surface area (Å²) in [6.45, 7) is 0.303. The van der Waals surface area contributed by atoms with Crippen molar-refractivity contribution in [2.24, 2.45) is 5.92 Å². The lowest BCUT2D eigenvalue weighted by Crippen LogP contribution is -2.52. The van der Waals surface area contributed by atoms with Crippen LogP contribution in [-0.2, 0) is 30.2 Å². The number of benzene rings is 2. The molecule has 1 saturated heterocycles. The maximum atomic E-state index is 14.0. The Kier molecular flexibility index (Phi) is 9.45. The first kappa shape index (κ1) is 28.1. The smallest absolute Gasteiger partial charge is 0.417 e. The summed E-state index contributed by atoms with van der Waals surface area (Å²) in [5.74, 6) is -4.11. The molecule has 2 aliphatic heterocycles. The number of hydrogen-bond acceptors (Lipinski definition) is 8. The van der Waals surface area contributed by atoms with Gasteiger partial charge in [0, 0.05) is 13.0 Å². The van der Waals surface area contributed by atoms with E-state index in [4.69, 9.17) is 19.3 Å². The predicted octanol–water partition coefficient (Wildman–Crippen LogP) is 3.29. The molecule has 2 aliphatic rings. The summed E-state index contributed by atoms with van der Waals surface area (Å²) in [6.07, 6.45) is -0.376. The number of hydrogen-bond donors (Lipinski definition) is 2. The minimum atomic E-state index is -1.87. The van der Waals surface area contributed by atoms with Gasteiger partial charge in [-0.2, -0.15) is 0 Å². The number of aliphatic hydroxyl groups is 2. The van der Waals surface area contributed by atoms with Gasteiger partial charge >= 0.3 is 6.09 Å². The summed E-state index contributed by atoms with van der Waals surface area (Å²) in [5, 5.41) is 20.2. The molecule has 4 rings (SSSR count). The number of ketones is 1. The number of nitrogens with zero attached hydrogens (tertiary/aromatic N) is 1. The van der Waals surface area contributed by atoms with Gasteiger partial charge in [0.15, 0.2) is 11.6 Å².